The van der Waals surface area contributed by atoms with Gasteiger partial charge in [0.05, 0.1) is 0 Å². The molecule has 121 valence electrons. The quantitative estimate of drug-likeness (QED) is 0.219. The van der Waals surface area contributed by atoms with Crippen molar-refractivity contribution in [3.05, 3.63) is 0 Å². The summed E-state index contributed by atoms with van der Waals surface area (Å²) >= 11 is 5.23. The standard InChI is InChI=1S/C15H33NS2.Cu/c1-3-5-7-9-11-13-18(15(16)17)14-12-10-8-6-4-2;/h18H,3-14H2,1-2H3,(H2,16,17);. The van der Waals surface area contributed by atoms with Crippen molar-refractivity contribution in [2.45, 2.75) is 78.1 Å². The van der Waals surface area contributed by atoms with Gasteiger partial charge in [-0.3, -0.25) is 0 Å². The van der Waals surface area contributed by atoms with Crippen LogP contribution in [0.4, 0.5) is 0 Å². The van der Waals surface area contributed by atoms with Crippen LogP contribution in [0, 0.1) is 0 Å². The Balaban J connectivity index is 0. The fourth-order valence-electron chi connectivity index (χ4n) is 2.14. The second-order valence-corrected chi connectivity index (χ2v) is 8.35. The SMILES string of the molecule is CCCCCCC[SH](CCCCCCC)C(N)=S.[Cu]. The maximum atomic E-state index is 5.88. The molecule has 0 saturated heterocycles. The van der Waals surface area contributed by atoms with Gasteiger partial charge in [-0.1, -0.05) is 77.4 Å². The fourth-order valence-corrected chi connectivity index (χ4v) is 4.57. The van der Waals surface area contributed by atoms with Gasteiger partial charge in [0.1, 0.15) is 4.32 Å². The average Bonchev–Trinajstić information content (AvgIpc) is 2.35. The summed E-state index contributed by atoms with van der Waals surface area (Å²) in [6.07, 6.45) is 13.6. The number of unbranched alkanes of at least 4 members (excludes halogenated alkanes) is 8. The van der Waals surface area contributed by atoms with E-state index in [1.807, 2.05) is 0 Å². The van der Waals surface area contributed by atoms with Crippen LogP contribution >= 0.6 is 23.1 Å². The minimum Gasteiger partial charge on any atom is -0.386 e. The van der Waals surface area contributed by atoms with Crippen molar-refractivity contribution in [2.75, 3.05) is 11.5 Å². The van der Waals surface area contributed by atoms with Crippen molar-refractivity contribution >= 4 is 27.4 Å². The van der Waals surface area contributed by atoms with E-state index in [1.165, 1.54) is 75.7 Å². The van der Waals surface area contributed by atoms with Crippen LogP contribution in [0.3, 0.4) is 0 Å². The van der Waals surface area contributed by atoms with E-state index in [1.54, 1.807) is 0 Å². The minimum absolute atomic E-state index is 0. The van der Waals surface area contributed by atoms with Crippen LogP contribution < -0.4 is 5.73 Å². The molecule has 0 aliphatic rings. The zero-order valence-electron chi connectivity index (χ0n) is 12.7. The smallest absolute Gasteiger partial charge is 0.111 e. The zero-order chi connectivity index (χ0) is 13.6. The molecule has 0 rings (SSSR count). The second-order valence-electron chi connectivity index (χ2n) is 5.15. The molecule has 0 aliphatic heterocycles. The first kappa shape index (κ1) is 22.0. The van der Waals surface area contributed by atoms with Gasteiger partial charge in [-0.25, -0.2) is 10.9 Å². The van der Waals surface area contributed by atoms with E-state index in [4.69, 9.17) is 18.0 Å². The van der Waals surface area contributed by atoms with E-state index in [2.05, 4.69) is 13.8 Å². The van der Waals surface area contributed by atoms with Crippen LogP contribution in [0.15, 0.2) is 0 Å². The molecule has 0 fully saturated rings. The van der Waals surface area contributed by atoms with E-state index in [-0.39, 0.29) is 28.0 Å². The summed E-state index contributed by atoms with van der Waals surface area (Å²) in [5, 5.41) is 0. The molecule has 2 N–H and O–H groups in total. The van der Waals surface area contributed by atoms with Crippen LogP contribution in [0.25, 0.3) is 0 Å². The third-order valence-electron chi connectivity index (χ3n) is 3.37. The molecule has 0 aromatic carbocycles. The molecule has 4 heteroatoms. The van der Waals surface area contributed by atoms with Crippen LogP contribution in [0.2, 0.25) is 0 Å². The minimum atomic E-state index is -0.152. The van der Waals surface area contributed by atoms with Gasteiger partial charge < -0.3 is 5.73 Å². The molecule has 1 nitrogen and oxygen atoms in total. The molecule has 0 amide bonds. The van der Waals surface area contributed by atoms with Crippen molar-refractivity contribution in [1.82, 2.24) is 0 Å². The summed E-state index contributed by atoms with van der Waals surface area (Å²) in [5.74, 6) is 2.56. The Bertz CT molecular complexity index is 187. The van der Waals surface area contributed by atoms with Gasteiger partial charge in [-0.05, 0) is 24.3 Å². The van der Waals surface area contributed by atoms with Crippen molar-refractivity contribution < 1.29 is 17.1 Å². The van der Waals surface area contributed by atoms with Crippen molar-refractivity contribution in [3.8, 4) is 0 Å². The van der Waals surface area contributed by atoms with Crippen molar-refractivity contribution in [1.29, 1.82) is 0 Å². The first-order valence-corrected chi connectivity index (χ1v) is 9.88. The molecule has 0 heterocycles. The Labute approximate surface area is 139 Å². The first-order chi connectivity index (χ1) is 8.72. The molecule has 19 heavy (non-hydrogen) atoms. The monoisotopic (exact) mass is 354 g/mol. The van der Waals surface area contributed by atoms with Gasteiger partial charge in [0.2, 0.25) is 0 Å². The number of rotatable bonds is 12. The van der Waals surface area contributed by atoms with E-state index in [0.29, 0.717) is 0 Å². The van der Waals surface area contributed by atoms with Gasteiger partial charge in [-0.2, -0.15) is 0 Å². The fraction of sp³-hybridized carbons (Fsp3) is 0.933. The number of thiocarbonyl (C=S) groups is 1. The number of thiol groups is 1. The Morgan fingerprint density at radius 2 is 1.16 bits per heavy atom. The summed E-state index contributed by atoms with van der Waals surface area (Å²) in [4.78, 5) is 0. The van der Waals surface area contributed by atoms with Crippen LogP contribution in [-0.2, 0) is 17.1 Å². The molecule has 0 atom stereocenters. The summed E-state index contributed by atoms with van der Waals surface area (Å²) in [7, 11) is -0.152. The largest absolute Gasteiger partial charge is 0.386 e. The third-order valence-corrected chi connectivity index (χ3v) is 6.48. The van der Waals surface area contributed by atoms with Gasteiger partial charge in [0.25, 0.3) is 0 Å². The van der Waals surface area contributed by atoms with E-state index >= 15 is 0 Å². The summed E-state index contributed by atoms with van der Waals surface area (Å²) in [5.41, 5.74) is 5.88. The normalized spacial score (nSPS) is 10.9. The maximum absolute atomic E-state index is 5.88. The van der Waals surface area contributed by atoms with Gasteiger partial charge in [0, 0.05) is 17.1 Å². The van der Waals surface area contributed by atoms with Gasteiger partial charge in [-0.15, -0.1) is 0 Å². The van der Waals surface area contributed by atoms with E-state index in [0.717, 1.165) is 4.32 Å². The second kappa shape index (κ2) is 16.8. The molecule has 0 saturated carbocycles. The summed E-state index contributed by atoms with van der Waals surface area (Å²) < 4.78 is 0.816. The van der Waals surface area contributed by atoms with Crippen molar-refractivity contribution in [2.24, 2.45) is 5.73 Å². The Morgan fingerprint density at radius 3 is 1.47 bits per heavy atom. The Morgan fingerprint density at radius 1 is 0.789 bits per heavy atom. The van der Waals surface area contributed by atoms with Gasteiger partial charge in [0.15, 0.2) is 0 Å². The van der Waals surface area contributed by atoms with Gasteiger partial charge >= 0.3 is 0 Å². The zero-order valence-corrected chi connectivity index (χ0v) is 15.4. The summed E-state index contributed by atoms with van der Waals surface area (Å²) in [6.45, 7) is 4.52. The Hall–Kier alpha value is 0.759. The number of nitrogens with two attached hydrogens (primary N) is 1. The summed E-state index contributed by atoms with van der Waals surface area (Å²) in [6, 6.07) is 0. The number of hydrogen-bond donors (Lipinski definition) is 2. The maximum Gasteiger partial charge on any atom is 0.111 e. The van der Waals surface area contributed by atoms with E-state index in [9.17, 15) is 0 Å². The molecule has 0 aromatic rings. The molecule has 0 aliphatic carbocycles. The molecule has 0 spiro atoms. The molecule has 1 radical (unpaired) electrons. The van der Waals surface area contributed by atoms with E-state index < -0.39 is 0 Å². The first-order valence-electron chi connectivity index (χ1n) is 7.76. The topological polar surface area (TPSA) is 26.0 Å². The third kappa shape index (κ3) is 15.0. The predicted octanol–water partition coefficient (Wildman–Crippen LogP) is 5.17. The predicted molar refractivity (Wildman–Crippen MR) is 93.0 cm³/mol. The molecule has 0 aromatic heterocycles. The molecular formula is C15H33CuNS2. The molecular weight excluding hydrogens is 322 g/mol. The van der Waals surface area contributed by atoms with Crippen LogP contribution in [-0.4, -0.2) is 15.8 Å². The molecule has 0 unspecified atom stereocenters. The molecule has 0 bridgehead atoms. The number of hydrogen-bond acceptors (Lipinski definition) is 1. The average molecular weight is 355 g/mol. The Kier molecular flexibility index (Phi) is 19.5. The van der Waals surface area contributed by atoms with Crippen molar-refractivity contribution in [3.63, 3.8) is 0 Å². The van der Waals surface area contributed by atoms with Crippen LogP contribution in [0.5, 0.6) is 0 Å². The van der Waals surface area contributed by atoms with Crippen LogP contribution in [0.1, 0.15) is 78.1 Å².